The number of nitrogens with one attached hydrogen (secondary N) is 2. The van der Waals surface area contributed by atoms with Gasteiger partial charge in [0.2, 0.25) is 0 Å². The molecule has 22 heavy (non-hydrogen) atoms. The van der Waals surface area contributed by atoms with Crippen LogP contribution in [0, 0.1) is 0 Å². The lowest BCUT2D eigenvalue weighted by atomic mass is 9.77. The molecule has 1 fully saturated rings. The van der Waals surface area contributed by atoms with E-state index in [-0.39, 0.29) is 18.3 Å². The van der Waals surface area contributed by atoms with Crippen LogP contribution in [0.5, 0.6) is 0 Å². The minimum absolute atomic E-state index is 0.319. The minimum Gasteiger partial charge on any atom is -0.399 e. The predicted molar refractivity (Wildman–Crippen MR) is 94.7 cm³/mol. The zero-order valence-electron chi connectivity index (χ0n) is 15.0. The van der Waals surface area contributed by atoms with Crippen molar-refractivity contribution in [2.24, 2.45) is 0 Å². The van der Waals surface area contributed by atoms with Crippen molar-refractivity contribution in [1.82, 2.24) is 10.6 Å². The molecule has 0 aromatic rings. The molecular formula is C17H31BN2O2. The van der Waals surface area contributed by atoms with Crippen molar-refractivity contribution >= 4 is 7.12 Å². The van der Waals surface area contributed by atoms with E-state index in [0.717, 1.165) is 30.8 Å². The van der Waals surface area contributed by atoms with Crippen LogP contribution in [0.3, 0.4) is 0 Å². The average Bonchev–Trinajstić information content (AvgIpc) is 2.64. The maximum absolute atomic E-state index is 6.06. The second-order valence-electron chi connectivity index (χ2n) is 6.52. The Bertz CT molecular complexity index is 426. The molecule has 4 nitrogen and oxygen atoms in total. The fourth-order valence-corrected chi connectivity index (χ4v) is 2.03. The lowest BCUT2D eigenvalue weighted by molar-refractivity contribution is 0.00578. The highest BCUT2D eigenvalue weighted by Crippen LogP contribution is 2.38. The minimum atomic E-state index is -0.333. The molecule has 1 aliphatic heterocycles. The van der Waals surface area contributed by atoms with Crippen molar-refractivity contribution in [3.05, 3.63) is 36.0 Å². The van der Waals surface area contributed by atoms with Crippen LogP contribution in [0.2, 0.25) is 0 Å². The number of hydrogen-bond donors (Lipinski definition) is 2. The summed E-state index contributed by atoms with van der Waals surface area (Å²) in [5, 5.41) is 6.53. The molecule has 0 amide bonds. The first-order valence-electron chi connectivity index (χ1n) is 8.07. The highest BCUT2D eigenvalue weighted by Gasteiger charge is 2.51. The molecule has 124 valence electrons. The first kappa shape index (κ1) is 19.0. The summed E-state index contributed by atoms with van der Waals surface area (Å²) in [5.74, 6) is 0. The Morgan fingerprint density at radius 3 is 2.18 bits per heavy atom. The summed E-state index contributed by atoms with van der Waals surface area (Å²) in [5.41, 5.74) is 1.25. The Morgan fingerprint density at radius 2 is 1.68 bits per heavy atom. The van der Waals surface area contributed by atoms with Crippen LogP contribution in [-0.2, 0) is 9.31 Å². The van der Waals surface area contributed by atoms with Crippen LogP contribution in [0.25, 0.3) is 0 Å². The van der Waals surface area contributed by atoms with Gasteiger partial charge in [0, 0.05) is 18.8 Å². The van der Waals surface area contributed by atoms with Gasteiger partial charge in [-0.2, -0.15) is 0 Å². The molecule has 0 aromatic carbocycles. The zero-order valence-corrected chi connectivity index (χ0v) is 15.0. The predicted octanol–water partition coefficient (Wildman–Crippen LogP) is 2.83. The number of rotatable bonds is 8. The fraction of sp³-hybridized carbons (Fsp3) is 0.647. The fourth-order valence-electron chi connectivity index (χ4n) is 2.03. The first-order valence-corrected chi connectivity index (χ1v) is 8.07. The molecule has 0 aromatic heterocycles. The average molecular weight is 306 g/mol. The molecule has 0 aliphatic carbocycles. The highest BCUT2D eigenvalue weighted by molar-refractivity contribution is 6.55. The van der Waals surface area contributed by atoms with Gasteiger partial charge in [-0.25, -0.2) is 0 Å². The second-order valence-corrected chi connectivity index (χ2v) is 6.52. The second kappa shape index (κ2) is 8.00. The third-order valence-electron chi connectivity index (χ3n) is 4.24. The van der Waals surface area contributed by atoms with Gasteiger partial charge in [-0.05, 0) is 52.7 Å². The lowest BCUT2D eigenvalue weighted by Gasteiger charge is -2.32. The van der Waals surface area contributed by atoms with Crippen molar-refractivity contribution in [2.45, 2.75) is 52.7 Å². The molecule has 0 spiro atoms. The Hall–Kier alpha value is -1.04. The molecule has 1 heterocycles. The van der Waals surface area contributed by atoms with Crippen LogP contribution in [0.15, 0.2) is 36.0 Å². The van der Waals surface area contributed by atoms with Gasteiger partial charge in [0.25, 0.3) is 0 Å². The van der Waals surface area contributed by atoms with E-state index in [1.54, 1.807) is 0 Å². The molecule has 1 saturated heterocycles. The molecule has 5 heteroatoms. The Labute approximate surface area is 136 Å². The summed E-state index contributed by atoms with van der Waals surface area (Å²) in [4.78, 5) is 0. The first-order chi connectivity index (χ1) is 10.2. The van der Waals surface area contributed by atoms with Crippen molar-refractivity contribution in [3.8, 4) is 0 Å². The van der Waals surface area contributed by atoms with E-state index >= 15 is 0 Å². The smallest absolute Gasteiger partial charge is 0.399 e. The van der Waals surface area contributed by atoms with Gasteiger partial charge in [0.15, 0.2) is 0 Å². The van der Waals surface area contributed by atoms with Crippen molar-refractivity contribution in [2.75, 3.05) is 19.6 Å². The molecule has 1 aliphatic rings. The quantitative estimate of drug-likeness (QED) is 0.411. The lowest BCUT2D eigenvalue weighted by Crippen LogP contribution is -2.41. The van der Waals surface area contributed by atoms with Crippen LogP contribution in [-0.4, -0.2) is 38.0 Å². The molecule has 0 saturated carbocycles. The van der Waals surface area contributed by atoms with Crippen molar-refractivity contribution < 1.29 is 9.31 Å². The summed E-state index contributed by atoms with van der Waals surface area (Å²) in [7, 11) is -0.333. The largest absolute Gasteiger partial charge is 0.494 e. The standard InChI is InChI=1S/C17H31BN2O2/c1-8-15(11-10-14(3)20-13-12-19-9-2)18-21-16(4,5)17(6,7)22-18/h8,10-11,19-20H,3,9,12-13H2,1-2,4-7H3/b11-10-,15-8+. The third-order valence-corrected chi connectivity index (χ3v) is 4.24. The normalized spacial score (nSPS) is 20.6. The highest BCUT2D eigenvalue weighted by atomic mass is 16.7. The van der Waals surface area contributed by atoms with Gasteiger partial charge in [0.05, 0.1) is 11.2 Å². The van der Waals surface area contributed by atoms with Gasteiger partial charge < -0.3 is 19.9 Å². The zero-order chi connectivity index (χ0) is 16.8. The van der Waals surface area contributed by atoms with E-state index in [2.05, 4.69) is 51.8 Å². The Balaban J connectivity index is 2.56. The van der Waals surface area contributed by atoms with Crippen LogP contribution in [0.1, 0.15) is 41.5 Å². The Kier molecular flexibility index (Phi) is 6.91. The van der Waals surface area contributed by atoms with Crippen molar-refractivity contribution in [1.29, 1.82) is 0 Å². The van der Waals surface area contributed by atoms with Gasteiger partial charge in [0.1, 0.15) is 0 Å². The summed E-state index contributed by atoms with van der Waals surface area (Å²) in [6.45, 7) is 19.1. The van der Waals surface area contributed by atoms with Gasteiger partial charge in [-0.1, -0.05) is 25.7 Å². The van der Waals surface area contributed by atoms with Crippen LogP contribution >= 0.6 is 0 Å². The van der Waals surface area contributed by atoms with E-state index in [9.17, 15) is 0 Å². The van der Waals surface area contributed by atoms with Gasteiger partial charge in [-0.3, -0.25) is 0 Å². The molecule has 0 bridgehead atoms. The third kappa shape index (κ3) is 5.01. The molecule has 0 unspecified atom stereocenters. The SMILES string of the molecule is C=C(/C=C\C(=C/C)B1OC(C)(C)C(C)(C)O1)NCCNCC. The summed E-state index contributed by atoms with van der Waals surface area (Å²) in [6.07, 6.45) is 5.99. The van der Waals surface area contributed by atoms with Crippen molar-refractivity contribution in [3.63, 3.8) is 0 Å². The number of allylic oxidation sites excluding steroid dienone is 4. The number of likely N-dealkylation sites (N-methyl/N-ethyl adjacent to an activating group) is 1. The molecule has 0 radical (unpaired) electrons. The molecule has 1 rings (SSSR count). The number of hydrogen-bond acceptors (Lipinski definition) is 4. The summed E-state index contributed by atoms with van der Waals surface area (Å²) >= 11 is 0. The van der Waals surface area contributed by atoms with Crippen LogP contribution in [0.4, 0.5) is 0 Å². The summed E-state index contributed by atoms with van der Waals surface area (Å²) in [6, 6.07) is 0. The maximum Gasteiger partial charge on any atom is 0.494 e. The molecule has 0 atom stereocenters. The van der Waals surface area contributed by atoms with Crippen LogP contribution < -0.4 is 10.6 Å². The van der Waals surface area contributed by atoms with E-state index < -0.39 is 0 Å². The van der Waals surface area contributed by atoms with E-state index in [1.807, 2.05) is 25.2 Å². The van der Waals surface area contributed by atoms with E-state index in [1.165, 1.54) is 0 Å². The van der Waals surface area contributed by atoms with E-state index in [0.29, 0.717) is 0 Å². The topological polar surface area (TPSA) is 42.5 Å². The van der Waals surface area contributed by atoms with Gasteiger partial charge >= 0.3 is 7.12 Å². The monoisotopic (exact) mass is 306 g/mol. The molecular weight excluding hydrogens is 275 g/mol. The maximum atomic E-state index is 6.06. The summed E-state index contributed by atoms with van der Waals surface area (Å²) < 4.78 is 12.1. The van der Waals surface area contributed by atoms with Gasteiger partial charge in [-0.15, -0.1) is 0 Å². The Morgan fingerprint density at radius 1 is 1.09 bits per heavy atom. The molecule has 2 N–H and O–H groups in total. The van der Waals surface area contributed by atoms with E-state index in [4.69, 9.17) is 9.31 Å².